The van der Waals surface area contributed by atoms with E-state index in [0.717, 1.165) is 23.4 Å². The Kier molecular flexibility index (Phi) is 4.90. The maximum absolute atomic E-state index is 13.2. The van der Waals surface area contributed by atoms with Gasteiger partial charge in [-0.1, -0.05) is 12.1 Å². The van der Waals surface area contributed by atoms with Crippen LogP contribution in [0.4, 0.5) is 4.39 Å². The van der Waals surface area contributed by atoms with E-state index < -0.39 is 39.0 Å². The second-order valence-electron chi connectivity index (χ2n) is 5.57. The molecule has 0 saturated heterocycles. The van der Waals surface area contributed by atoms with Crippen LogP contribution < -0.4 is 0 Å². The molecule has 1 aliphatic heterocycles. The number of hydrogen-bond acceptors (Lipinski definition) is 6. The summed E-state index contributed by atoms with van der Waals surface area (Å²) >= 11 is 0. The van der Waals surface area contributed by atoms with Gasteiger partial charge < -0.3 is 9.47 Å². The van der Waals surface area contributed by atoms with E-state index in [9.17, 15) is 22.4 Å². The molecule has 0 saturated carbocycles. The first-order valence-corrected chi connectivity index (χ1v) is 9.03. The zero-order valence-corrected chi connectivity index (χ0v) is 15.0. The number of benzene rings is 1. The van der Waals surface area contributed by atoms with Gasteiger partial charge >= 0.3 is 5.97 Å². The first-order chi connectivity index (χ1) is 11.5. The summed E-state index contributed by atoms with van der Waals surface area (Å²) in [5, 5.41) is 0. The van der Waals surface area contributed by atoms with Crippen molar-refractivity contribution in [3.8, 4) is 0 Å². The predicted octanol–water partition coefficient (Wildman–Crippen LogP) is 1.65. The quantitative estimate of drug-likeness (QED) is 0.731. The molecule has 25 heavy (non-hydrogen) atoms. The maximum Gasteiger partial charge on any atom is 0.308 e. The fraction of sp³-hybridized carbons (Fsp3) is 0.375. The highest BCUT2D eigenvalue weighted by Gasteiger charge is 2.51. The minimum Gasteiger partial charge on any atom is -0.456 e. The lowest BCUT2D eigenvalue weighted by Gasteiger charge is -2.26. The first kappa shape index (κ1) is 18.9. The number of halogens is 1. The highest BCUT2D eigenvalue weighted by molar-refractivity contribution is 7.89. The van der Waals surface area contributed by atoms with E-state index >= 15 is 0 Å². The van der Waals surface area contributed by atoms with E-state index in [4.69, 9.17) is 9.47 Å². The number of carbonyl (C=O) groups is 2. The monoisotopic (exact) mass is 371 g/mol. The van der Waals surface area contributed by atoms with Gasteiger partial charge in [-0.25, -0.2) is 17.1 Å². The molecule has 136 valence electrons. The molecular weight excluding hydrogens is 353 g/mol. The number of rotatable bonds is 5. The highest BCUT2D eigenvalue weighted by Crippen LogP contribution is 2.40. The average molecular weight is 371 g/mol. The summed E-state index contributed by atoms with van der Waals surface area (Å²) < 4.78 is 48.7. The molecule has 2 rings (SSSR count). The topological polar surface area (TPSA) is 90.0 Å². The number of nitrogens with zero attached hydrogens (tertiary/aromatic N) is 1. The summed E-state index contributed by atoms with van der Waals surface area (Å²) in [6.07, 6.45) is 0. The van der Waals surface area contributed by atoms with Crippen molar-refractivity contribution in [3.63, 3.8) is 0 Å². The summed E-state index contributed by atoms with van der Waals surface area (Å²) in [6, 6.07) is 4.98. The minimum atomic E-state index is -3.77. The van der Waals surface area contributed by atoms with E-state index in [1.54, 1.807) is 0 Å². The lowest BCUT2D eigenvalue weighted by atomic mass is 9.91. The Labute approximate surface area is 145 Å². The molecule has 1 heterocycles. The van der Waals surface area contributed by atoms with Crippen LogP contribution in [0, 0.1) is 5.82 Å². The van der Waals surface area contributed by atoms with Crippen molar-refractivity contribution < 1.29 is 31.9 Å². The largest absolute Gasteiger partial charge is 0.456 e. The van der Waals surface area contributed by atoms with Gasteiger partial charge in [0, 0.05) is 19.5 Å². The zero-order chi connectivity index (χ0) is 19.0. The molecule has 0 aromatic heterocycles. The molecule has 1 aliphatic rings. The third kappa shape index (κ3) is 3.37. The number of sulfonamides is 1. The normalized spacial score (nSPS) is 20.4. The number of ketones is 1. The average Bonchev–Trinajstić information content (AvgIpc) is 2.80. The van der Waals surface area contributed by atoms with Crippen molar-refractivity contribution in [3.05, 3.63) is 47.3 Å². The second kappa shape index (κ2) is 6.47. The molecule has 0 radical (unpaired) electrons. The Morgan fingerprint density at radius 3 is 2.36 bits per heavy atom. The molecule has 1 aromatic carbocycles. The van der Waals surface area contributed by atoms with Crippen molar-refractivity contribution >= 4 is 21.8 Å². The highest BCUT2D eigenvalue weighted by atomic mass is 32.2. The number of hydrogen-bond donors (Lipinski definition) is 0. The van der Waals surface area contributed by atoms with Crippen molar-refractivity contribution in [2.24, 2.45) is 0 Å². The third-order valence-corrected chi connectivity index (χ3v) is 5.57. The van der Waals surface area contributed by atoms with Gasteiger partial charge in [-0.2, -0.15) is 0 Å². The smallest absolute Gasteiger partial charge is 0.308 e. The molecule has 7 nitrogen and oxygen atoms in total. The molecule has 1 atom stereocenters. The van der Waals surface area contributed by atoms with Gasteiger partial charge in [0.1, 0.15) is 5.82 Å². The summed E-state index contributed by atoms with van der Waals surface area (Å²) in [4.78, 5) is 24.1. The van der Waals surface area contributed by atoms with Crippen LogP contribution in [-0.2, 0) is 34.7 Å². The molecule has 0 N–H and O–H groups in total. The Morgan fingerprint density at radius 2 is 1.88 bits per heavy atom. The number of esters is 1. The Bertz CT molecular complexity index is 846. The Hall–Kier alpha value is -2.42. The molecular formula is C16H18FNO6S. The lowest BCUT2D eigenvalue weighted by Crippen LogP contribution is -2.33. The Morgan fingerprint density at radius 1 is 1.32 bits per heavy atom. The van der Waals surface area contributed by atoms with Crippen LogP contribution in [0.2, 0.25) is 0 Å². The van der Waals surface area contributed by atoms with Gasteiger partial charge in [-0.15, -0.1) is 0 Å². The van der Waals surface area contributed by atoms with Crippen molar-refractivity contribution in [2.75, 3.05) is 12.8 Å². The van der Waals surface area contributed by atoms with Crippen LogP contribution in [0.5, 0.6) is 0 Å². The number of Topliss-reactive ketones (excluding diaryl/α,β-unsaturated/α-hetero) is 1. The van der Waals surface area contributed by atoms with E-state index in [-0.39, 0.29) is 11.6 Å². The molecule has 0 spiro atoms. The van der Waals surface area contributed by atoms with Crippen LogP contribution >= 0.6 is 0 Å². The molecule has 1 unspecified atom stereocenters. The van der Waals surface area contributed by atoms with E-state index in [1.807, 2.05) is 0 Å². The number of ether oxygens (including phenoxy) is 2. The third-order valence-electron chi connectivity index (χ3n) is 3.84. The lowest BCUT2D eigenvalue weighted by molar-refractivity contribution is -0.142. The molecule has 9 heteroatoms. The van der Waals surface area contributed by atoms with Crippen LogP contribution in [0.3, 0.4) is 0 Å². The maximum atomic E-state index is 13.2. The fourth-order valence-electron chi connectivity index (χ4n) is 2.32. The molecule has 1 aromatic rings. The van der Waals surface area contributed by atoms with Crippen LogP contribution in [0.1, 0.15) is 26.3 Å². The van der Waals surface area contributed by atoms with Gasteiger partial charge in [0.15, 0.2) is 5.60 Å². The van der Waals surface area contributed by atoms with Gasteiger partial charge in [-0.3, -0.25) is 9.59 Å². The minimum absolute atomic E-state index is 0.245. The van der Waals surface area contributed by atoms with E-state index in [1.165, 1.54) is 33.0 Å². The van der Waals surface area contributed by atoms with Gasteiger partial charge in [0.05, 0.1) is 5.75 Å². The molecule has 0 fully saturated rings. The second-order valence-corrected chi connectivity index (χ2v) is 7.86. The summed E-state index contributed by atoms with van der Waals surface area (Å²) in [6.45, 7) is 3.90. The molecule has 0 bridgehead atoms. The van der Waals surface area contributed by atoms with Crippen molar-refractivity contribution in [1.82, 2.24) is 4.31 Å². The summed E-state index contributed by atoms with van der Waals surface area (Å²) in [7, 11) is -2.57. The Balaban J connectivity index is 2.55. The van der Waals surface area contributed by atoms with E-state index in [0.29, 0.717) is 5.56 Å². The van der Waals surface area contributed by atoms with Gasteiger partial charge in [-0.05, 0) is 26.0 Å². The van der Waals surface area contributed by atoms with Crippen LogP contribution in [0.15, 0.2) is 35.9 Å². The SMILES string of the molecule is CCS(=O)(=O)N(C)C1=C(OC(C)=O)C(=O)C(C)(c2ccc(F)cc2)O1. The molecule has 0 aliphatic carbocycles. The summed E-state index contributed by atoms with van der Waals surface area (Å²) in [5.74, 6) is -3.16. The van der Waals surface area contributed by atoms with Gasteiger partial charge in [0.25, 0.3) is 11.7 Å². The standard InChI is InChI=1S/C16H18FNO6S/c1-5-25(21,22)18(4)15-13(23-10(2)19)14(20)16(3,24-15)11-6-8-12(17)9-7-11/h6-9H,5H2,1-4H3. The van der Waals surface area contributed by atoms with Crippen LogP contribution in [0.25, 0.3) is 0 Å². The first-order valence-electron chi connectivity index (χ1n) is 7.42. The summed E-state index contributed by atoms with van der Waals surface area (Å²) in [5.41, 5.74) is -1.36. The fourth-order valence-corrected chi connectivity index (χ4v) is 3.08. The van der Waals surface area contributed by atoms with E-state index in [2.05, 4.69) is 0 Å². The van der Waals surface area contributed by atoms with Crippen molar-refractivity contribution in [2.45, 2.75) is 26.4 Å². The van der Waals surface area contributed by atoms with Crippen LogP contribution in [-0.4, -0.2) is 37.3 Å². The zero-order valence-electron chi connectivity index (χ0n) is 14.2. The van der Waals surface area contributed by atoms with Gasteiger partial charge in [0.2, 0.25) is 15.8 Å². The predicted molar refractivity (Wildman–Crippen MR) is 85.9 cm³/mol. The van der Waals surface area contributed by atoms with Crippen molar-refractivity contribution in [1.29, 1.82) is 0 Å². The molecule has 0 amide bonds. The number of carbonyl (C=O) groups excluding carboxylic acids is 2.